The molecule has 1 aliphatic rings. The van der Waals surface area contributed by atoms with Gasteiger partial charge in [0.15, 0.2) is 17.6 Å². The van der Waals surface area contributed by atoms with Crippen molar-refractivity contribution < 1.29 is 28.2 Å². The zero-order chi connectivity index (χ0) is 24.5. The minimum Gasteiger partial charge on any atom is -0.496 e. The molecule has 5 rings (SSSR count). The number of benzene rings is 3. The van der Waals surface area contributed by atoms with Crippen molar-refractivity contribution in [1.82, 2.24) is 0 Å². The van der Waals surface area contributed by atoms with Crippen molar-refractivity contribution in [3.05, 3.63) is 88.3 Å². The second-order valence-corrected chi connectivity index (χ2v) is 7.95. The number of methoxy groups -OCH3 is 3. The van der Waals surface area contributed by atoms with E-state index in [1.165, 1.54) is 21.3 Å². The highest BCUT2D eigenvalue weighted by Crippen LogP contribution is 2.49. The summed E-state index contributed by atoms with van der Waals surface area (Å²) in [4.78, 5) is 26.8. The summed E-state index contributed by atoms with van der Waals surface area (Å²) in [5, 5.41) is 3.48. The molecule has 1 amide bonds. The van der Waals surface area contributed by atoms with E-state index in [9.17, 15) is 9.59 Å². The van der Waals surface area contributed by atoms with Gasteiger partial charge in [-0.25, -0.2) is 4.79 Å². The van der Waals surface area contributed by atoms with Crippen molar-refractivity contribution in [3.63, 3.8) is 0 Å². The maximum atomic E-state index is 13.5. The van der Waals surface area contributed by atoms with E-state index in [2.05, 4.69) is 5.32 Å². The van der Waals surface area contributed by atoms with Gasteiger partial charge in [0.25, 0.3) is 5.91 Å². The fraction of sp³-hybridized carbons (Fsp3) is 0.185. The topological polar surface area (TPSA) is 96.2 Å². The minimum absolute atomic E-state index is 0.238. The molecule has 2 heterocycles. The number of rotatable bonds is 6. The van der Waals surface area contributed by atoms with Gasteiger partial charge in [-0.15, -0.1) is 0 Å². The number of hydrogen-bond donors (Lipinski definition) is 1. The molecule has 1 aromatic heterocycles. The van der Waals surface area contributed by atoms with Crippen LogP contribution in [0.15, 0.2) is 75.9 Å². The summed E-state index contributed by atoms with van der Waals surface area (Å²) in [6.07, 6.45) is -1.08. The van der Waals surface area contributed by atoms with Crippen LogP contribution >= 0.6 is 0 Å². The van der Waals surface area contributed by atoms with Gasteiger partial charge >= 0.3 is 5.63 Å². The number of carbonyl (C=O) groups is 1. The summed E-state index contributed by atoms with van der Waals surface area (Å²) in [6, 6.07) is 19.4. The third-order valence-electron chi connectivity index (χ3n) is 6.03. The van der Waals surface area contributed by atoms with Crippen LogP contribution in [0.3, 0.4) is 0 Å². The Bertz CT molecular complexity index is 1460. The summed E-state index contributed by atoms with van der Waals surface area (Å²) in [7, 11) is 4.53. The summed E-state index contributed by atoms with van der Waals surface area (Å²) in [5.74, 6) is 0.343. The van der Waals surface area contributed by atoms with Crippen LogP contribution in [0.1, 0.15) is 17.0 Å². The van der Waals surface area contributed by atoms with E-state index in [1.54, 1.807) is 42.5 Å². The third-order valence-corrected chi connectivity index (χ3v) is 6.03. The van der Waals surface area contributed by atoms with E-state index < -0.39 is 23.6 Å². The molecule has 2 atom stereocenters. The first-order valence-electron chi connectivity index (χ1n) is 10.9. The Morgan fingerprint density at radius 1 is 0.857 bits per heavy atom. The van der Waals surface area contributed by atoms with E-state index in [4.69, 9.17) is 23.4 Å². The van der Waals surface area contributed by atoms with E-state index in [0.717, 1.165) is 0 Å². The molecule has 4 aromatic rings. The fourth-order valence-electron chi connectivity index (χ4n) is 4.43. The van der Waals surface area contributed by atoms with Crippen LogP contribution in [0.5, 0.6) is 23.0 Å². The molecule has 0 saturated carbocycles. The number of ether oxygens (including phenoxy) is 4. The molecule has 0 radical (unpaired) electrons. The zero-order valence-electron chi connectivity index (χ0n) is 19.4. The lowest BCUT2D eigenvalue weighted by Crippen LogP contribution is -2.35. The van der Waals surface area contributed by atoms with Gasteiger partial charge in [0.05, 0.1) is 38.2 Å². The summed E-state index contributed by atoms with van der Waals surface area (Å²) < 4.78 is 28.4. The number of hydrogen-bond acceptors (Lipinski definition) is 7. The maximum absolute atomic E-state index is 13.5. The second kappa shape index (κ2) is 9.06. The molecular weight excluding hydrogens is 450 g/mol. The molecule has 0 saturated heterocycles. The predicted octanol–water partition coefficient (Wildman–Crippen LogP) is 4.35. The monoisotopic (exact) mass is 473 g/mol. The van der Waals surface area contributed by atoms with Gasteiger partial charge in [0, 0.05) is 17.3 Å². The van der Waals surface area contributed by atoms with Crippen LogP contribution in [-0.4, -0.2) is 33.3 Å². The van der Waals surface area contributed by atoms with Crippen molar-refractivity contribution in [2.45, 2.75) is 12.0 Å². The molecule has 178 valence electrons. The van der Waals surface area contributed by atoms with Crippen molar-refractivity contribution >= 4 is 22.6 Å². The Kier molecular flexibility index (Phi) is 5.78. The number of anilines is 1. The van der Waals surface area contributed by atoms with E-state index in [0.29, 0.717) is 45.2 Å². The molecule has 35 heavy (non-hydrogen) atoms. The number of amides is 1. The first-order valence-corrected chi connectivity index (χ1v) is 10.9. The third kappa shape index (κ3) is 3.82. The summed E-state index contributed by atoms with van der Waals surface area (Å²) in [5.41, 5.74) is 1.16. The van der Waals surface area contributed by atoms with Gasteiger partial charge < -0.3 is 28.7 Å². The SMILES string of the molecule is COc1cc(OC)c(C2c3c(c4ccccc4oc3=O)OC2C(=O)Nc2ccccc2)cc1OC. The number of para-hydroxylation sites is 2. The average molecular weight is 473 g/mol. The first kappa shape index (κ1) is 22.3. The lowest BCUT2D eigenvalue weighted by molar-refractivity contribution is -0.122. The van der Waals surface area contributed by atoms with E-state index >= 15 is 0 Å². The fourth-order valence-corrected chi connectivity index (χ4v) is 4.43. The highest BCUT2D eigenvalue weighted by atomic mass is 16.5. The molecule has 1 aliphatic heterocycles. The van der Waals surface area contributed by atoms with E-state index in [-0.39, 0.29) is 5.56 Å². The standard InChI is InChI=1S/C27H23NO7/c1-31-19-14-21(33-3)20(32-2)13-17(19)22-23-24(16-11-7-8-12-18(16)34-27(23)30)35-25(22)26(29)28-15-9-5-4-6-10-15/h4-14,22,25H,1-3H3,(H,28,29). The summed E-state index contributed by atoms with van der Waals surface area (Å²) >= 11 is 0. The van der Waals surface area contributed by atoms with Crippen LogP contribution < -0.4 is 29.9 Å². The first-order chi connectivity index (χ1) is 17.0. The summed E-state index contributed by atoms with van der Waals surface area (Å²) in [6.45, 7) is 0. The number of fused-ring (bicyclic) bond motifs is 3. The minimum atomic E-state index is -1.08. The Morgan fingerprint density at radius 2 is 1.51 bits per heavy atom. The molecule has 8 nitrogen and oxygen atoms in total. The molecule has 2 unspecified atom stereocenters. The van der Waals surface area contributed by atoms with Gasteiger partial charge in [-0.1, -0.05) is 30.3 Å². The molecule has 0 fully saturated rings. The molecule has 3 aromatic carbocycles. The smallest absolute Gasteiger partial charge is 0.344 e. The van der Waals surface area contributed by atoms with Crippen LogP contribution in [0, 0.1) is 0 Å². The van der Waals surface area contributed by atoms with Crippen molar-refractivity contribution in [2.24, 2.45) is 0 Å². The van der Waals surface area contributed by atoms with Crippen LogP contribution in [-0.2, 0) is 4.79 Å². The van der Waals surface area contributed by atoms with Gasteiger partial charge in [0.2, 0.25) is 0 Å². The molecular formula is C27H23NO7. The van der Waals surface area contributed by atoms with Gasteiger partial charge in [-0.05, 0) is 30.3 Å². The molecule has 0 aliphatic carbocycles. The normalized spacial score (nSPS) is 16.3. The highest BCUT2D eigenvalue weighted by molar-refractivity contribution is 5.97. The molecule has 1 N–H and O–H groups in total. The largest absolute Gasteiger partial charge is 0.496 e. The second-order valence-electron chi connectivity index (χ2n) is 7.95. The number of carbonyl (C=O) groups excluding carboxylic acids is 1. The van der Waals surface area contributed by atoms with E-state index in [1.807, 2.05) is 24.3 Å². The van der Waals surface area contributed by atoms with Gasteiger partial charge in [-0.3, -0.25) is 4.79 Å². The van der Waals surface area contributed by atoms with Gasteiger partial charge in [-0.2, -0.15) is 0 Å². The lowest BCUT2D eigenvalue weighted by atomic mass is 9.87. The quantitative estimate of drug-likeness (QED) is 0.416. The van der Waals surface area contributed by atoms with Crippen molar-refractivity contribution in [3.8, 4) is 23.0 Å². The predicted molar refractivity (Wildman–Crippen MR) is 130 cm³/mol. The Labute approximate surface area is 201 Å². The zero-order valence-corrected chi connectivity index (χ0v) is 19.4. The van der Waals surface area contributed by atoms with Crippen LogP contribution in [0.4, 0.5) is 5.69 Å². The Balaban J connectivity index is 1.72. The molecule has 0 spiro atoms. The van der Waals surface area contributed by atoms with Crippen molar-refractivity contribution in [2.75, 3.05) is 26.6 Å². The Hall–Kier alpha value is -4.46. The Morgan fingerprint density at radius 3 is 2.23 bits per heavy atom. The lowest BCUT2D eigenvalue weighted by Gasteiger charge is -2.22. The highest BCUT2D eigenvalue weighted by Gasteiger charge is 2.45. The average Bonchev–Trinajstić information content (AvgIpc) is 3.30. The molecule has 0 bridgehead atoms. The van der Waals surface area contributed by atoms with Crippen LogP contribution in [0.2, 0.25) is 0 Å². The number of nitrogens with one attached hydrogen (secondary N) is 1. The van der Waals surface area contributed by atoms with Gasteiger partial charge in [0.1, 0.15) is 17.1 Å². The van der Waals surface area contributed by atoms with Crippen molar-refractivity contribution in [1.29, 1.82) is 0 Å². The molecule has 8 heteroatoms. The van der Waals surface area contributed by atoms with Crippen LogP contribution in [0.25, 0.3) is 11.0 Å². The maximum Gasteiger partial charge on any atom is 0.344 e.